The summed E-state index contributed by atoms with van der Waals surface area (Å²) in [7, 11) is 0. The number of amides is 2. The lowest BCUT2D eigenvalue weighted by molar-refractivity contribution is -0.120. The zero-order valence-electron chi connectivity index (χ0n) is 20.0. The Kier molecular flexibility index (Phi) is 8.85. The van der Waals surface area contributed by atoms with Crippen molar-refractivity contribution in [2.45, 2.75) is 55.6 Å². The maximum absolute atomic E-state index is 13.0. The largest absolute Gasteiger partial charge is 0.457 e. The molecule has 1 atom stereocenters. The highest BCUT2D eigenvalue weighted by molar-refractivity contribution is 8.00. The molecule has 35 heavy (non-hydrogen) atoms. The summed E-state index contributed by atoms with van der Waals surface area (Å²) in [5, 5.41) is 5.83. The molecule has 0 bridgehead atoms. The van der Waals surface area contributed by atoms with Crippen LogP contribution in [0.3, 0.4) is 0 Å². The Morgan fingerprint density at radius 1 is 0.857 bits per heavy atom. The van der Waals surface area contributed by atoms with Gasteiger partial charge >= 0.3 is 0 Å². The van der Waals surface area contributed by atoms with Gasteiger partial charge in [-0.25, -0.2) is 0 Å². The summed E-state index contributed by atoms with van der Waals surface area (Å²) in [6, 6.07) is 24.7. The van der Waals surface area contributed by atoms with Gasteiger partial charge in [0.25, 0.3) is 0 Å². The lowest BCUT2D eigenvalue weighted by Gasteiger charge is -2.21. The lowest BCUT2D eigenvalue weighted by atomic mass is 9.88. The van der Waals surface area contributed by atoms with Crippen molar-refractivity contribution in [3.8, 4) is 11.5 Å². The first kappa shape index (κ1) is 24.9. The fourth-order valence-corrected chi connectivity index (χ4v) is 5.21. The average Bonchev–Trinajstić information content (AvgIpc) is 2.89. The van der Waals surface area contributed by atoms with Crippen LogP contribution in [0.25, 0.3) is 0 Å². The molecular weight excluding hydrogens is 456 g/mol. The van der Waals surface area contributed by atoms with Crippen LogP contribution in [0.2, 0.25) is 0 Å². The summed E-state index contributed by atoms with van der Waals surface area (Å²) in [6.07, 6.45) is 6.11. The van der Waals surface area contributed by atoms with Gasteiger partial charge in [-0.15, -0.1) is 11.8 Å². The fraction of sp³-hybridized carbons (Fsp3) is 0.310. The van der Waals surface area contributed by atoms with Crippen LogP contribution >= 0.6 is 11.8 Å². The summed E-state index contributed by atoms with van der Waals surface area (Å²) >= 11 is 1.51. The van der Waals surface area contributed by atoms with Gasteiger partial charge in [-0.05, 0) is 73.9 Å². The highest BCUT2D eigenvalue weighted by atomic mass is 32.2. The van der Waals surface area contributed by atoms with E-state index in [2.05, 4.69) is 10.6 Å². The molecule has 3 aromatic rings. The van der Waals surface area contributed by atoms with Crippen LogP contribution in [0.15, 0.2) is 83.8 Å². The van der Waals surface area contributed by atoms with Crippen LogP contribution in [0.5, 0.6) is 11.5 Å². The van der Waals surface area contributed by atoms with Crippen molar-refractivity contribution in [2.24, 2.45) is 5.92 Å². The van der Waals surface area contributed by atoms with Crippen LogP contribution in [-0.2, 0) is 9.59 Å². The molecule has 2 N–H and O–H groups in total. The second-order valence-electron chi connectivity index (χ2n) is 8.80. The lowest BCUT2D eigenvalue weighted by Crippen LogP contribution is -2.25. The van der Waals surface area contributed by atoms with E-state index in [0.29, 0.717) is 12.2 Å². The van der Waals surface area contributed by atoms with Crippen molar-refractivity contribution >= 4 is 35.0 Å². The first-order valence-electron chi connectivity index (χ1n) is 12.3. The third-order valence-corrected chi connectivity index (χ3v) is 7.48. The van der Waals surface area contributed by atoms with Crippen LogP contribution in [0.4, 0.5) is 11.4 Å². The van der Waals surface area contributed by atoms with E-state index in [0.717, 1.165) is 47.7 Å². The Balaban J connectivity index is 1.32. The molecule has 1 unspecified atom stereocenters. The summed E-state index contributed by atoms with van der Waals surface area (Å²) < 4.78 is 5.82. The van der Waals surface area contributed by atoms with Gasteiger partial charge in [0.05, 0.1) is 5.25 Å². The van der Waals surface area contributed by atoms with Crippen molar-refractivity contribution in [3.05, 3.63) is 78.9 Å². The molecule has 0 aromatic heterocycles. The minimum atomic E-state index is -0.250. The minimum absolute atomic E-state index is 0.0501. The summed E-state index contributed by atoms with van der Waals surface area (Å²) in [5.41, 5.74) is 1.51. The molecule has 5 nitrogen and oxygen atoms in total. The summed E-state index contributed by atoms with van der Waals surface area (Å²) in [4.78, 5) is 26.5. The maximum atomic E-state index is 13.0. The number of para-hydroxylation sites is 1. The van der Waals surface area contributed by atoms with Gasteiger partial charge in [0.2, 0.25) is 11.8 Å². The number of carbonyl (C=O) groups is 2. The molecule has 1 aliphatic carbocycles. The molecule has 0 saturated heterocycles. The van der Waals surface area contributed by atoms with Crippen molar-refractivity contribution in [1.82, 2.24) is 0 Å². The Labute approximate surface area is 211 Å². The Morgan fingerprint density at radius 3 is 2.29 bits per heavy atom. The van der Waals surface area contributed by atoms with Crippen molar-refractivity contribution < 1.29 is 14.3 Å². The molecule has 1 aliphatic rings. The van der Waals surface area contributed by atoms with E-state index in [1.54, 1.807) is 0 Å². The van der Waals surface area contributed by atoms with Crippen LogP contribution in [0.1, 0.15) is 45.4 Å². The predicted octanol–water partition coefficient (Wildman–Crippen LogP) is 7.51. The van der Waals surface area contributed by atoms with Crippen LogP contribution in [0, 0.1) is 5.92 Å². The van der Waals surface area contributed by atoms with E-state index >= 15 is 0 Å². The van der Waals surface area contributed by atoms with Crippen LogP contribution in [-0.4, -0.2) is 17.1 Å². The standard InChI is InChI=1S/C29H32N2O3S/c1-2-27(29(33)30-22-16-18-25(19-17-22)34-24-13-7-4-8-14-24)35-26-15-9-12-23(20-26)31-28(32)21-10-5-3-6-11-21/h4,7-9,12-21,27H,2-3,5-6,10-11H2,1H3,(H,30,33)(H,31,32). The smallest absolute Gasteiger partial charge is 0.237 e. The number of nitrogens with one attached hydrogen (secondary N) is 2. The van der Waals surface area contributed by atoms with Crippen molar-refractivity contribution in [3.63, 3.8) is 0 Å². The first-order valence-corrected chi connectivity index (χ1v) is 13.2. The van der Waals surface area contributed by atoms with Crippen LogP contribution < -0.4 is 15.4 Å². The molecule has 2 amide bonds. The number of carbonyl (C=O) groups excluding carboxylic acids is 2. The van der Waals surface area contributed by atoms with E-state index in [9.17, 15) is 9.59 Å². The quantitative estimate of drug-likeness (QED) is 0.306. The molecule has 0 spiro atoms. The highest BCUT2D eigenvalue weighted by Gasteiger charge is 2.22. The number of ether oxygens (including phenoxy) is 1. The summed E-state index contributed by atoms with van der Waals surface area (Å²) in [5.74, 6) is 1.65. The maximum Gasteiger partial charge on any atom is 0.237 e. The fourth-order valence-electron chi connectivity index (χ4n) is 4.20. The second-order valence-corrected chi connectivity index (χ2v) is 10.1. The summed E-state index contributed by atoms with van der Waals surface area (Å²) in [6.45, 7) is 2.00. The molecule has 0 aliphatic heterocycles. The number of rotatable bonds is 9. The third-order valence-electron chi connectivity index (χ3n) is 6.12. The Bertz CT molecular complexity index is 1110. The van der Waals surface area contributed by atoms with Crippen molar-refractivity contribution in [1.29, 1.82) is 0 Å². The molecule has 4 rings (SSSR count). The van der Waals surface area contributed by atoms with E-state index in [1.165, 1.54) is 18.2 Å². The topological polar surface area (TPSA) is 67.4 Å². The molecular formula is C29H32N2O3S. The number of hydrogen-bond acceptors (Lipinski definition) is 4. The zero-order valence-corrected chi connectivity index (χ0v) is 20.9. The van der Waals surface area contributed by atoms with E-state index in [1.807, 2.05) is 85.8 Å². The van der Waals surface area contributed by atoms with Gasteiger partial charge in [0.15, 0.2) is 0 Å². The predicted molar refractivity (Wildman–Crippen MR) is 143 cm³/mol. The van der Waals surface area contributed by atoms with E-state index < -0.39 is 0 Å². The molecule has 0 radical (unpaired) electrons. The van der Waals surface area contributed by atoms with Gasteiger partial charge < -0.3 is 15.4 Å². The van der Waals surface area contributed by atoms with Gasteiger partial charge in [-0.1, -0.05) is 50.5 Å². The number of hydrogen-bond donors (Lipinski definition) is 2. The number of benzene rings is 3. The van der Waals surface area contributed by atoms with Gasteiger partial charge in [0, 0.05) is 22.2 Å². The first-order chi connectivity index (χ1) is 17.1. The molecule has 1 fully saturated rings. The van der Waals surface area contributed by atoms with Gasteiger partial charge in [-0.2, -0.15) is 0 Å². The molecule has 3 aromatic carbocycles. The molecule has 6 heteroatoms. The molecule has 1 saturated carbocycles. The number of thioether (sulfide) groups is 1. The minimum Gasteiger partial charge on any atom is -0.457 e. The zero-order chi connectivity index (χ0) is 24.5. The van der Waals surface area contributed by atoms with Gasteiger partial charge in [-0.3, -0.25) is 9.59 Å². The van der Waals surface area contributed by atoms with E-state index in [4.69, 9.17) is 4.74 Å². The van der Waals surface area contributed by atoms with Gasteiger partial charge in [0.1, 0.15) is 11.5 Å². The normalized spacial score (nSPS) is 14.7. The Morgan fingerprint density at radius 2 is 1.57 bits per heavy atom. The SMILES string of the molecule is CCC(Sc1cccc(NC(=O)C2CCCCC2)c1)C(=O)Nc1ccc(Oc2ccccc2)cc1. The molecule has 182 valence electrons. The van der Waals surface area contributed by atoms with Crippen molar-refractivity contribution in [2.75, 3.05) is 10.6 Å². The highest BCUT2D eigenvalue weighted by Crippen LogP contribution is 2.30. The van der Waals surface area contributed by atoms with E-state index in [-0.39, 0.29) is 23.0 Å². The second kappa shape index (κ2) is 12.5. The third kappa shape index (κ3) is 7.36. The average molecular weight is 489 g/mol. The number of anilines is 2. The Hall–Kier alpha value is -3.25. The molecule has 0 heterocycles. The monoisotopic (exact) mass is 488 g/mol.